The molecule has 0 saturated carbocycles. The van der Waals surface area contributed by atoms with E-state index >= 15 is 0 Å². The Hall–Kier alpha value is -4.11. The second-order valence-corrected chi connectivity index (χ2v) is 7.42. The first-order valence-corrected chi connectivity index (χ1v) is 10.6. The molecule has 0 aliphatic rings. The molecule has 0 aromatic heterocycles. The van der Waals surface area contributed by atoms with Gasteiger partial charge < -0.3 is 10.1 Å². The number of nitrogens with one attached hydrogen (secondary N) is 1. The van der Waals surface area contributed by atoms with Crippen molar-refractivity contribution in [2.75, 3.05) is 7.11 Å². The third kappa shape index (κ3) is 5.13. The molecular formula is C29H25NO2. The van der Waals surface area contributed by atoms with Gasteiger partial charge in [-0.15, -0.1) is 0 Å². The number of ether oxygens (including phenoxy) is 1. The van der Waals surface area contributed by atoms with E-state index in [0.29, 0.717) is 0 Å². The van der Waals surface area contributed by atoms with Gasteiger partial charge >= 0.3 is 0 Å². The number of amides is 1. The summed E-state index contributed by atoms with van der Waals surface area (Å²) in [5.41, 5.74) is 4.87. The Morgan fingerprint density at radius 3 is 1.66 bits per heavy atom. The van der Waals surface area contributed by atoms with Crippen molar-refractivity contribution >= 4 is 11.5 Å². The van der Waals surface area contributed by atoms with Gasteiger partial charge in [0.1, 0.15) is 5.75 Å². The Kier molecular flexibility index (Phi) is 6.78. The standard InChI is InChI=1S/C29H25NO2/c1-32-26-19-17-25(18-20-26)29(24-15-9-4-10-16-24)30-28(31)21-27(22-11-5-2-6-12-22)23-13-7-3-8-14-23/h2-21,29H,1H3,(H,30,31). The number of hydrogen-bond acceptors (Lipinski definition) is 2. The molecule has 4 rings (SSSR count). The fourth-order valence-electron chi connectivity index (χ4n) is 3.68. The molecule has 0 aliphatic carbocycles. The average molecular weight is 420 g/mol. The van der Waals surface area contributed by atoms with E-state index in [9.17, 15) is 4.79 Å². The maximum absolute atomic E-state index is 13.3. The highest BCUT2D eigenvalue weighted by Gasteiger charge is 2.17. The summed E-state index contributed by atoms with van der Waals surface area (Å²) in [7, 11) is 1.64. The summed E-state index contributed by atoms with van der Waals surface area (Å²) in [4.78, 5) is 13.3. The van der Waals surface area contributed by atoms with Crippen LogP contribution in [0, 0.1) is 0 Å². The van der Waals surface area contributed by atoms with Crippen molar-refractivity contribution in [3.63, 3.8) is 0 Å². The summed E-state index contributed by atoms with van der Waals surface area (Å²) in [6, 6.07) is 37.4. The first-order valence-electron chi connectivity index (χ1n) is 10.6. The lowest BCUT2D eigenvalue weighted by Gasteiger charge is -2.20. The van der Waals surface area contributed by atoms with Crippen molar-refractivity contribution in [1.29, 1.82) is 0 Å². The van der Waals surface area contributed by atoms with Crippen LogP contribution in [0.25, 0.3) is 5.57 Å². The highest BCUT2D eigenvalue weighted by molar-refractivity contribution is 5.99. The molecule has 0 spiro atoms. The van der Waals surface area contributed by atoms with E-state index in [-0.39, 0.29) is 11.9 Å². The minimum Gasteiger partial charge on any atom is -0.497 e. The van der Waals surface area contributed by atoms with Gasteiger partial charge in [0.2, 0.25) is 5.91 Å². The molecule has 4 aromatic carbocycles. The van der Waals surface area contributed by atoms with E-state index in [2.05, 4.69) is 5.32 Å². The Balaban J connectivity index is 1.69. The lowest BCUT2D eigenvalue weighted by molar-refractivity contribution is -0.116. The summed E-state index contributed by atoms with van der Waals surface area (Å²) in [5, 5.41) is 3.20. The molecule has 0 saturated heterocycles. The zero-order valence-electron chi connectivity index (χ0n) is 17.9. The van der Waals surface area contributed by atoms with Gasteiger partial charge in [-0.25, -0.2) is 0 Å². The maximum atomic E-state index is 13.3. The number of benzene rings is 4. The van der Waals surface area contributed by atoms with Gasteiger partial charge in [0, 0.05) is 6.08 Å². The third-order valence-corrected chi connectivity index (χ3v) is 5.31. The number of methoxy groups -OCH3 is 1. The van der Waals surface area contributed by atoms with Gasteiger partial charge in [0.25, 0.3) is 0 Å². The van der Waals surface area contributed by atoms with Crippen LogP contribution >= 0.6 is 0 Å². The van der Waals surface area contributed by atoms with E-state index in [4.69, 9.17) is 4.74 Å². The largest absolute Gasteiger partial charge is 0.497 e. The molecule has 1 amide bonds. The molecule has 158 valence electrons. The maximum Gasteiger partial charge on any atom is 0.245 e. The zero-order valence-corrected chi connectivity index (χ0v) is 17.9. The van der Waals surface area contributed by atoms with Crippen LogP contribution in [0.1, 0.15) is 28.3 Å². The minimum atomic E-state index is -0.279. The molecule has 3 nitrogen and oxygen atoms in total. The normalized spacial score (nSPS) is 11.3. The highest BCUT2D eigenvalue weighted by atomic mass is 16.5. The molecule has 0 aliphatic heterocycles. The lowest BCUT2D eigenvalue weighted by atomic mass is 9.96. The van der Waals surface area contributed by atoms with E-state index in [1.807, 2.05) is 115 Å². The summed E-state index contributed by atoms with van der Waals surface area (Å²) >= 11 is 0. The average Bonchev–Trinajstić information content (AvgIpc) is 2.87. The second-order valence-electron chi connectivity index (χ2n) is 7.42. The first kappa shape index (κ1) is 21.1. The van der Waals surface area contributed by atoms with Gasteiger partial charge in [-0.2, -0.15) is 0 Å². The topological polar surface area (TPSA) is 38.3 Å². The van der Waals surface area contributed by atoms with Crippen LogP contribution in [-0.4, -0.2) is 13.0 Å². The molecule has 1 N–H and O–H groups in total. The molecule has 4 aromatic rings. The quantitative estimate of drug-likeness (QED) is 0.371. The van der Waals surface area contributed by atoms with Crippen LogP contribution < -0.4 is 10.1 Å². The Morgan fingerprint density at radius 2 is 1.16 bits per heavy atom. The molecule has 0 heterocycles. The summed E-state index contributed by atoms with van der Waals surface area (Å²) < 4.78 is 5.29. The molecule has 0 bridgehead atoms. The molecule has 3 heteroatoms. The van der Waals surface area contributed by atoms with E-state index in [0.717, 1.165) is 33.6 Å². The predicted molar refractivity (Wildman–Crippen MR) is 129 cm³/mol. The van der Waals surface area contributed by atoms with Crippen molar-refractivity contribution in [3.8, 4) is 5.75 Å². The van der Waals surface area contributed by atoms with Crippen molar-refractivity contribution in [2.45, 2.75) is 6.04 Å². The molecular weight excluding hydrogens is 394 g/mol. The fourth-order valence-corrected chi connectivity index (χ4v) is 3.68. The van der Waals surface area contributed by atoms with Crippen molar-refractivity contribution in [1.82, 2.24) is 5.32 Å². The van der Waals surface area contributed by atoms with Crippen molar-refractivity contribution < 1.29 is 9.53 Å². The van der Waals surface area contributed by atoms with Crippen molar-refractivity contribution in [3.05, 3.63) is 144 Å². The van der Waals surface area contributed by atoms with E-state index < -0.39 is 0 Å². The molecule has 0 fully saturated rings. The van der Waals surface area contributed by atoms with Crippen LogP contribution in [0.3, 0.4) is 0 Å². The number of carbonyl (C=O) groups is 1. The zero-order chi connectivity index (χ0) is 22.2. The Bertz CT molecular complexity index is 1130. The predicted octanol–water partition coefficient (Wildman–Crippen LogP) is 6.03. The molecule has 1 atom stereocenters. The number of carbonyl (C=O) groups excluding carboxylic acids is 1. The lowest BCUT2D eigenvalue weighted by Crippen LogP contribution is -2.28. The Labute approximate surface area is 189 Å². The van der Waals surface area contributed by atoms with Crippen LogP contribution in [-0.2, 0) is 4.79 Å². The Morgan fingerprint density at radius 1 is 0.688 bits per heavy atom. The van der Waals surface area contributed by atoms with Gasteiger partial charge in [-0.3, -0.25) is 4.79 Å². The van der Waals surface area contributed by atoms with Crippen LogP contribution in [0.15, 0.2) is 121 Å². The van der Waals surface area contributed by atoms with Crippen LogP contribution in [0.2, 0.25) is 0 Å². The smallest absolute Gasteiger partial charge is 0.245 e. The summed E-state index contributed by atoms with van der Waals surface area (Å²) in [6.07, 6.45) is 1.68. The SMILES string of the molecule is COc1ccc(C(NC(=O)C=C(c2ccccc2)c2ccccc2)c2ccccc2)cc1. The summed E-state index contributed by atoms with van der Waals surface area (Å²) in [5.74, 6) is 0.625. The van der Waals surface area contributed by atoms with Gasteiger partial charge in [0.05, 0.1) is 13.2 Å². The monoisotopic (exact) mass is 419 g/mol. The van der Waals surface area contributed by atoms with Gasteiger partial charge in [-0.05, 0) is 40.0 Å². The van der Waals surface area contributed by atoms with Crippen LogP contribution in [0.4, 0.5) is 0 Å². The molecule has 1 unspecified atom stereocenters. The van der Waals surface area contributed by atoms with E-state index in [1.165, 1.54) is 0 Å². The third-order valence-electron chi connectivity index (χ3n) is 5.31. The van der Waals surface area contributed by atoms with Crippen molar-refractivity contribution in [2.24, 2.45) is 0 Å². The first-order chi connectivity index (χ1) is 15.7. The molecule has 0 radical (unpaired) electrons. The fraction of sp³-hybridized carbons (Fsp3) is 0.0690. The minimum absolute atomic E-state index is 0.155. The number of rotatable bonds is 7. The summed E-state index contributed by atoms with van der Waals surface area (Å²) in [6.45, 7) is 0. The highest BCUT2D eigenvalue weighted by Crippen LogP contribution is 2.26. The van der Waals surface area contributed by atoms with Gasteiger partial charge in [-0.1, -0.05) is 103 Å². The molecule has 32 heavy (non-hydrogen) atoms. The van der Waals surface area contributed by atoms with E-state index in [1.54, 1.807) is 13.2 Å². The number of hydrogen-bond donors (Lipinski definition) is 1. The van der Waals surface area contributed by atoms with Gasteiger partial charge in [0.15, 0.2) is 0 Å². The van der Waals surface area contributed by atoms with Crippen LogP contribution in [0.5, 0.6) is 5.75 Å². The second kappa shape index (κ2) is 10.3.